The maximum Gasteiger partial charge on any atom is 0.266 e. The van der Waals surface area contributed by atoms with E-state index in [0.29, 0.717) is 23.4 Å². The largest absolute Gasteiger partial charge is 0.772 e. The number of aryl methyl sites for hydroxylation is 1. The molecule has 8 heteroatoms. The first kappa shape index (κ1) is 20.3. The van der Waals surface area contributed by atoms with Crippen molar-refractivity contribution < 1.29 is 13.2 Å². The van der Waals surface area contributed by atoms with E-state index in [2.05, 4.69) is 5.10 Å². The summed E-state index contributed by atoms with van der Waals surface area (Å²) in [5.74, 6) is -0.337. The molecule has 0 saturated carbocycles. The van der Waals surface area contributed by atoms with Gasteiger partial charge in [0, 0.05) is 40.6 Å². The zero-order valence-corrected chi connectivity index (χ0v) is 17.3. The zero-order chi connectivity index (χ0) is 21.4. The van der Waals surface area contributed by atoms with Gasteiger partial charge in [0.2, 0.25) is 0 Å². The van der Waals surface area contributed by atoms with E-state index in [1.165, 1.54) is 22.9 Å². The molecule has 0 saturated heterocycles. The van der Waals surface area contributed by atoms with Crippen LogP contribution in [0.15, 0.2) is 58.3 Å². The summed E-state index contributed by atoms with van der Waals surface area (Å²) < 4.78 is 37.3. The first-order valence-electron chi connectivity index (χ1n) is 9.43. The number of halogens is 1. The Kier molecular flexibility index (Phi) is 5.44. The first-order chi connectivity index (χ1) is 14.3. The summed E-state index contributed by atoms with van der Waals surface area (Å²) in [4.78, 5) is 16.8. The highest BCUT2D eigenvalue weighted by atomic mass is 32.2. The van der Waals surface area contributed by atoms with E-state index >= 15 is 0 Å². The Morgan fingerprint density at radius 3 is 2.60 bits per heavy atom. The van der Waals surface area contributed by atoms with E-state index in [4.69, 9.17) is 4.99 Å². The van der Waals surface area contributed by atoms with Gasteiger partial charge in [-0.3, -0.25) is 14.0 Å². The summed E-state index contributed by atoms with van der Waals surface area (Å²) in [5, 5.41) is 3.93. The van der Waals surface area contributed by atoms with Crippen LogP contribution >= 0.6 is 0 Å². The fraction of sp³-hybridized carbons (Fsp3) is 0.227. The smallest absolute Gasteiger partial charge is 0.266 e. The number of aliphatic imine (C=N–C) groups is 1. The molecule has 0 fully saturated rings. The van der Waals surface area contributed by atoms with Gasteiger partial charge in [0.05, 0.1) is 18.0 Å². The summed E-state index contributed by atoms with van der Waals surface area (Å²) in [7, 11) is 1.58. The number of rotatable bonds is 4. The Hall–Kier alpha value is -2.97. The second kappa shape index (κ2) is 8.04. The predicted molar refractivity (Wildman–Crippen MR) is 113 cm³/mol. The van der Waals surface area contributed by atoms with E-state index in [1.54, 1.807) is 26.1 Å². The van der Waals surface area contributed by atoms with Crippen LogP contribution < -0.4 is 5.56 Å². The molecule has 2 aromatic carbocycles. The molecule has 3 aromatic rings. The highest BCUT2D eigenvalue weighted by Crippen LogP contribution is 2.32. The number of nitrogens with zero attached hydrogens (tertiary/aromatic N) is 3. The Morgan fingerprint density at radius 1 is 1.17 bits per heavy atom. The molecule has 0 N–H and O–H groups in total. The molecule has 1 aliphatic heterocycles. The molecule has 1 aromatic heterocycles. The molecule has 2 atom stereocenters. The van der Waals surface area contributed by atoms with Crippen molar-refractivity contribution in [2.75, 3.05) is 0 Å². The third-order valence-electron chi connectivity index (χ3n) is 5.14. The molecule has 2 heterocycles. The molecule has 0 aliphatic carbocycles. The van der Waals surface area contributed by atoms with E-state index in [9.17, 15) is 17.9 Å². The van der Waals surface area contributed by atoms with Crippen molar-refractivity contribution in [2.45, 2.75) is 25.1 Å². The first-order valence-corrected chi connectivity index (χ1v) is 10.6. The van der Waals surface area contributed by atoms with E-state index in [1.807, 2.05) is 18.2 Å². The van der Waals surface area contributed by atoms with Crippen LogP contribution in [0.2, 0.25) is 0 Å². The minimum Gasteiger partial charge on any atom is -0.772 e. The van der Waals surface area contributed by atoms with Crippen molar-refractivity contribution in [2.24, 2.45) is 12.0 Å². The van der Waals surface area contributed by atoms with Crippen LogP contribution in [-0.2, 0) is 31.1 Å². The maximum atomic E-state index is 13.4. The van der Waals surface area contributed by atoms with Gasteiger partial charge in [0.25, 0.3) is 5.56 Å². The maximum absolute atomic E-state index is 13.4. The third kappa shape index (κ3) is 3.88. The van der Waals surface area contributed by atoms with Crippen LogP contribution in [0, 0.1) is 5.82 Å². The van der Waals surface area contributed by atoms with Gasteiger partial charge in [-0.15, -0.1) is 0 Å². The molecule has 0 amide bonds. The highest BCUT2D eigenvalue weighted by molar-refractivity contribution is 7.79. The highest BCUT2D eigenvalue weighted by Gasteiger charge is 2.22. The normalized spacial score (nSPS) is 14.9. The minimum absolute atomic E-state index is 0.234. The van der Waals surface area contributed by atoms with Gasteiger partial charge < -0.3 is 4.55 Å². The molecule has 4 rings (SSSR count). The molecular weight excluding hydrogens is 405 g/mol. The van der Waals surface area contributed by atoms with Gasteiger partial charge in [-0.25, -0.2) is 9.07 Å². The molecule has 154 valence electrons. The SMILES string of the molecule is CC(Cc1ccc2c(c1)-c1nn(C)c(=O)cc1CN=C2c1ccc(F)cc1)S(=O)[O-]. The van der Waals surface area contributed by atoms with Crippen LogP contribution in [0.1, 0.15) is 29.2 Å². The van der Waals surface area contributed by atoms with Crippen molar-refractivity contribution >= 4 is 16.8 Å². The van der Waals surface area contributed by atoms with Gasteiger partial charge in [0.1, 0.15) is 5.82 Å². The van der Waals surface area contributed by atoms with Crippen molar-refractivity contribution in [1.82, 2.24) is 9.78 Å². The second-order valence-electron chi connectivity index (χ2n) is 7.31. The summed E-state index contributed by atoms with van der Waals surface area (Å²) in [6.45, 7) is 1.91. The number of benzene rings is 2. The van der Waals surface area contributed by atoms with Crippen molar-refractivity contribution in [3.05, 3.63) is 87.0 Å². The van der Waals surface area contributed by atoms with E-state index < -0.39 is 16.3 Å². The van der Waals surface area contributed by atoms with Gasteiger partial charge in [-0.05, 0) is 42.3 Å². The summed E-state index contributed by atoms with van der Waals surface area (Å²) in [6, 6.07) is 13.3. The summed E-state index contributed by atoms with van der Waals surface area (Å²) in [5.41, 5.74) is 4.91. The fourth-order valence-electron chi connectivity index (χ4n) is 3.55. The number of hydrogen-bond donors (Lipinski definition) is 0. The standard InChI is InChI=1S/C22H20FN3O3S/c1-13(30(28)29)9-14-3-8-18-19(10-14)22-16(11-20(27)26(2)25-22)12-24-21(18)15-4-6-17(23)7-5-15/h3-8,10-11,13H,9,12H2,1-2H3,(H,28,29)/p-1. The van der Waals surface area contributed by atoms with E-state index in [-0.39, 0.29) is 17.9 Å². The lowest BCUT2D eigenvalue weighted by Crippen LogP contribution is -2.20. The zero-order valence-electron chi connectivity index (χ0n) is 16.5. The van der Waals surface area contributed by atoms with Gasteiger partial charge in [-0.1, -0.05) is 30.1 Å². The Balaban J connectivity index is 1.92. The molecule has 0 bridgehead atoms. The lowest BCUT2D eigenvalue weighted by Gasteiger charge is -2.17. The van der Waals surface area contributed by atoms with Crippen LogP contribution in [0.3, 0.4) is 0 Å². The van der Waals surface area contributed by atoms with Crippen LogP contribution in [-0.4, -0.2) is 29.5 Å². The summed E-state index contributed by atoms with van der Waals surface area (Å²) >= 11 is -2.18. The lowest BCUT2D eigenvalue weighted by atomic mass is 9.92. The van der Waals surface area contributed by atoms with Crippen molar-refractivity contribution in [3.63, 3.8) is 0 Å². The molecule has 6 nitrogen and oxygen atoms in total. The lowest BCUT2D eigenvalue weighted by molar-refractivity contribution is 0.524. The predicted octanol–water partition coefficient (Wildman–Crippen LogP) is 2.75. The number of fused-ring (bicyclic) bond motifs is 3. The molecule has 0 spiro atoms. The van der Waals surface area contributed by atoms with Crippen LogP contribution in [0.25, 0.3) is 11.3 Å². The van der Waals surface area contributed by atoms with Gasteiger partial charge in [-0.2, -0.15) is 5.10 Å². The quantitative estimate of drug-likeness (QED) is 0.603. The third-order valence-corrected chi connectivity index (χ3v) is 5.97. The Labute approximate surface area is 175 Å². The number of hydrogen-bond acceptors (Lipinski definition) is 5. The van der Waals surface area contributed by atoms with Gasteiger partial charge >= 0.3 is 0 Å². The van der Waals surface area contributed by atoms with Crippen molar-refractivity contribution in [1.29, 1.82) is 0 Å². The average molecular weight is 424 g/mol. The van der Waals surface area contributed by atoms with Gasteiger partial charge in [0.15, 0.2) is 0 Å². The van der Waals surface area contributed by atoms with Crippen LogP contribution in [0.4, 0.5) is 4.39 Å². The minimum atomic E-state index is -2.18. The molecule has 0 radical (unpaired) electrons. The van der Waals surface area contributed by atoms with Crippen molar-refractivity contribution in [3.8, 4) is 11.3 Å². The van der Waals surface area contributed by atoms with Crippen LogP contribution in [0.5, 0.6) is 0 Å². The molecule has 1 aliphatic rings. The summed E-state index contributed by atoms with van der Waals surface area (Å²) in [6.07, 6.45) is 0.355. The Morgan fingerprint density at radius 2 is 1.90 bits per heavy atom. The Bertz CT molecular complexity index is 1240. The average Bonchev–Trinajstić information content (AvgIpc) is 2.86. The molecular formula is C22H19FN3O3S-. The molecule has 30 heavy (non-hydrogen) atoms. The molecule has 2 unspecified atom stereocenters. The second-order valence-corrected chi connectivity index (χ2v) is 8.63. The fourth-order valence-corrected chi connectivity index (χ4v) is 3.87. The topological polar surface area (TPSA) is 87.4 Å². The van der Waals surface area contributed by atoms with E-state index in [0.717, 1.165) is 22.3 Å². The monoisotopic (exact) mass is 424 g/mol. The number of aromatic nitrogens is 2.